The van der Waals surface area contributed by atoms with Crippen LogP contribution in [-0.2, 0) is 4.79 Å². The molecule has 0 aromatic carbocycles. The molecule has 1 amide bonds. The molecule has 1 aliphatic rings. The molecule has 4 N–H and O–H groups in total. The Morgan fingerprint density at radius 1 is 1.59 bits per heavy atom. The standard InChI is InChI=1S/C12H24N2O3/c1-9(10-3-2-4-13-6-10)5-12(17)14-7-11(16)8-15/h9-11,13,15-16H,2-8H2,1H3,(H,14,17). The molecule has 0 spiro atoms. The van der Waals surface area contributed by atoms with Gasteiger partial charge in [0.25, 0.3) is 0 Å². The SMILES string of the molecule is CC(CC(=O)NCC(O)CO)C1CCCNC1. The first kappa shape index (κ1) is 14.4. The van der Waals surface area contributed by atoms with Crippen LogP contribution >= 0.6 is 0 Å². The van der Waals surface area contributed by atoms with Crippen LogP contribution in [0.3, 0.4) is 0 Å². The van der Waals surface area contributed by atoms with Crippen LogP contribution in [0, 0.1) is 11.8 Å². The topological polar surface area (TPSA) is 81.6 Å². The Labute approximate surface area is 103 Å². The minimum atomic E-state index is -0.856. The zero-order chi connectivity index (χ0) is 12.7. The summed E-state index contributed by atoms with van der Waals surface area (Å²) >= 11 is 0. The maximum absolute atomic E-state index is 11.6. The van der Waals surface area contributed by atoms with Crippen molar-refractivity contribution in [1.29, 1.82) is 0 Å². The number of piperidine rings is 1. The molecule has 5 nitrogen and oxygen atoms in total. The molecular formula is C12H24N2O3. The second-order valence-electron chi connectivity index (χ2n) is 4.93. The lowest BCUT2D eigenvalue weighted by Crippen LogP contribution is -2.38. The van der Waals surface area contributed by atoms with Crippen LogP contribution in [0.1, 0.15) is 26.2 Å². The maximum Gasteiger partial charge on any atom is 0.220 e. The van der Waals surface area contributed by atoms with E-state index in [0.29, 0.717) is 18.3 Å². The summed E-state index contributed by atoms with van der Waals surface area (Å²) in [6.45, 7) is 3.99. The fraction of sp³-hybridized carbons (Fsp3) is 0.917. The highest BCUT2D eigenvalue weighted by Gasteiger charge is 2.21. The van der Waals surface area contributed by atoms with Crippen LogP contribution in [0.4, 0.5) is 0 Å². The quantitative estimate of drug-likeness (QED) is 0.507. The molecule has 1 fully saturated rings. The van der Waals surface area contributed by atoms with Crippen molar-refractivity contribution >= 4 is 5.91 Å². The van der Waals surface area contributed by atoms with E-state index in [1.54, 1.807) is 0 Å². The molecule has 0 saturated carbocycles. The summed E-state index contributed by atoms with van der Waals surface area (Å²) < 4.78 is 0. The van der Waals surface area contributed by atoms with Crippen molar-refractivity contribution < 1.29 is 15.0 Å². The normalized spacial score (nSPS) is 24.1. The number of rotatable bonds is 6. The summed E-state index contributed by atoms with van der Waals surface area (Å²) in [7, 11) is 0. The van der Waals surface area contributed by atoms with Gasteiger partial charge in [-0.1, -0.05) is 6.92 Å². The summed E-state index contributed by atoms with van der Waals surface area (Å²) in [4.78, 5) is 11.6. The molecule has 17 heavy (non-hydrogen) atoms. The molecule has 1 rings (SSSR count). The lowest BCUT2D eigenvalue weighted by Gasteiger charge is -2.28. The number of carbonyl (C=O) groups is 1. The zero-order valence-electron chi connectivity index (χ0n) is 10.5. The molecule has 0 aliphatic carbocycles. The van der Waals surface area contributed by atoms with Crippen LogP contribution in [0.25, 0.3) is 0 Å². The Morgan fingerprint density at radius 3 is 2.94 bits per heavy atom. The summed E-state index contributed by atoms with van der Waals surface area (Å²) in [5, 5.41) is 23.7. The number of aliphatic hydroxyl groups excluding tert-OH is 2. The Kier molecular flexibility index (Phi) is 6.47. The Balaban J connectivity index is 2.20. The highest BCUT2D eigenvalue weighted by molar-refractivity contribution is 5.76. The van der Waals surface area contributed by atoms with Crippen molar-refractivity contribution in [2.24, 2.45) is 11.8 Å². The highest BCUT2D eigenvalue weighted by atomic mass is 16.3. The summed E-state index contributed by atoms with van der Waals surface area (Å²) in [6.07, 6.45) is 2.00. The average Bonchev–Trinajstić information content (AvgIpc) is 2.36. The van der Waals surface area contributed by atoms with Gasteiger partial charge in [-0.2, -0.15) is 0 Å². The van der Waals surface area contributed by atoms with E-state index in [-0.39, 0.29) is 19.1 Å². The van der Waals surface area contributed by atoms with E-state index in [1.807, 2.05) is 0 Å². The average molecular weight is 244 g/mol. The van der Waals surface area contributed by atoms with Crippen LogP contribution in [0.5, 0.6) is 0 Å². The van der Waals surface area contributed by atoms with Crippen LogP contribution in [-0.4, -0.2) is 48.5 Å². The second-order valence-corrected chi connectivity index (χ2v) is 4.93. The zero-order valence-corrected chi connectivity index (χ0v) is 10.5. The molecule has 3 unspecified atom stereocenters. The molecule has 0 bridgehead atoms. The molecule has 3 atom stereocenters. The Hall–Kier alpha value is -0.650. The monoisotopic (exact) mass is 244 g/mol. The minimum Gasteiger partial charge on any atom is -0.394 e. The molecule has 0 radical (unpaired) electrons. The van der Waals surface area contributed by atoms with Gasteiger partial charge in [-0.25, -0.2) is 0 Å². The first-order valence-electron chi connectivity index (χ1n) is 6.39. The van der Waals surface area contributed by atoms with Gasteiger partial charge in [0.2, 0.25) is 5.91 Å². The first-order chi connectivity index (χ1) is 8.13. The summed E-state index contributed by atoms with van der Waals surface area (Å²) in [6, 6.07) is 0. The highest BCUT2D eigenvalue weighted by Crippen LogP contribution is 2.22. The van der Waals surface area contributed by atoms with Gasteiger partial charge >= 0.3 is 0 Å². The smallest absolute Gasteiger partial charge is 0.220 e. The van der Waals surface area contributed by atoms with Gasteiger partial charge in [-0.15, -0.1) is 0 Å². The van der Waals surface area contributed by atoms with E-state index in [2.05, 4.69) is 17.6 Å². The van der Waals surface area contributed by atoms with Gasteiger partial charge in [0.1, 0.15) is 0 Å². The number of aliphatic hydroxyl groups is 2. The van der Waals surface area contributed by atoms with Gasteiger partial charge in [-0.05, 0) is 37.8 Å². The van der Waals surface area contributed by atoms with Crippen molar-refractivity contribution in [2.75, 3.05) is 26.2 Å². The van der Waals surface area contributed by atoms with E-state index in [1.165, 1.54) is 12.8 Å². The number of amides is 1. The fourth-order valence-corrected chi connectivity index (χ4v) is 2.19. The molecule has 0 aromatic heterocycles. The molecule has 1 heterocycles. The van der Waals surface area contributed by atoms with Crippen LogP contribution in [0.2, 0.25) is 0 Å². The molecule has 5 heteroatoms. The van der Waals surface area contributed by atoms with E-state index in [0.717, 1.165) is 13.1 Å². The fourth-order valence-electron chi connectivity index (χ4n) is 2.19. The number of carbonyl (C=O) groups excluding carboxylic acids is 1. The Morgan fingerprint density at radius 2 is 2.35 bits per heavy atom. The lowest BCUT2D eigenvalue weighted by atomic mass is 9.85. The lowest BCUT2D eigenvalue weighted by molar-refractivity contribution is -0.122. The van der Waals surface area contributed by atoms with E-state index < -0.39 is 6.10 Å². The predicted molar refractivity (Wildman–Crippen MR) is 65.5 cm³/mol. The van der Waals surface area contributed by atoms with Crippen LogP contribution in [0.15, 0.2) is 0 Å². The van der Waals surface area contributed by atoms with Gasteiger partial charge in [0.15, 0.2) is 0 Å². The van der Waals surface area contributed by atoms with Gasteiger partial charge in [0.05, 0.1) is 12.7 Å². The number of nitrogens with one attached hydrogen (secondary N) is 2. The third-order valence-corrected chi connectivity index (χ3v) is 3.39. The molecule has 100 valence electrons. The number of hydrogen-bond donors (Lipinski definition) is 4. The van der Waals surface area contributed by atoms with Gasteiger partial charge in [-0.3, -0.25) is 4.79 Å². The Bertz CT molecular complexity index is 230. The largest absolute Gasteiger partial charge is 0.394 e. The summed E-state index contributed by atoms with van der Waals surface area (Å²) in [5.41, 5.74) is 0. The van der Waals surface area contributed by atoms with Gasteiger partial charge < -0.3 is 20.8 Å². The first-order valence-corrected chi connectivity index (χ1v) is 6.39. The molecule has 1 aliphatic heterocycles. The molecule has 0 aromatic rings. The van der Waals surface area contributed by atoms with Crippen molar-refractivity contribution in [3.05, 3.63) is 0 Å². The van der Waals surface area contributed by atoms with Crippen molar-refractivity contribution in [2.45, 2.75) is 32.3 Å². The third-order valence-electron chi connectivity index (χ3n) is 3.39. The maximum atomic E-state index is 11.6. The second kappa shape index (κ2) is 7.63. The number of hydrogen-bond acceptors (Lipinski definition) is 4. The predicted octanol–water partition coefficient (Wildman–Crippen LogP) is -0.518. The molecular weight excluding hydrogens is 220 g/mol. The van der Waals surface area contributed by atoms with E-state index in [4.69, 9.17) is 10.2 Å². The van der Waals surface area contributed by atoms with E-state index >= 15 is 0 Å². The molecule has 1 saturated heterocycles. The van der Waals surface area contributed by atoms with Crippen molar-refractivity contribution in [3.63, 3.8) is 0 Å². The van der Waals surface area contributed by atoms with Crippen molar-refractivity contribution in [3.8, 4) is 0 Å². The minimum absolute atomic E-state index is 0.0458. The van der Waals surface area contributed by atoms with E-state index in [9.17, 15) is 4.79 Å². The van der Waals surface area contributed by atoms with Crippen LogP contribution < -0.4 is 10.6 Å². The van der Waals surface area contributed by atoms with Crippen molar-refractivity contribution in [1.82, 2.24) is 10.6 Å². The summed E-state index contributed by atoms with van der Waals surface area (Å²) in [5.74, 6) is 0.877. The van der Waals surface area contributed by atoms with Gasteiger partial charge in [0, 0.05) is 13.0 Å². The third kappa shape index (κ3) is 5.48.